The Morgan fingerprint density at radius 1 is 1.24 bits per heavy atom. The molecule has 0 aromatic heterocycles. The van der Waals surface area contributed by atoms with Crippen LogP contribution in [0.5, 0.6) is 0 Å². The zero-order chi connectivity index (χ0) is 18.4. The number of aryl methyl sites for hydroxylation is 1. The van der Waals surface area contributed by atoms with Crippen molar-refractivity contribution in [2.24, 2.45) is 5.92 Å². The maximum atomic E-state index is 12.5. The molecule has 7 heteroatoms. The minimum atomic E-state index is -3.63. The number of carbonyl (C=O) groups is 1. The summed E-state index contributed by atoms with van der Waals surface area (Å²) in [5, 5.41) is 18.8. The van der Waals surface area contributed by atoms with Gasteiger partial charge < -0.3 is 10.2 Å². The van der Waals surface area contributed by atoms with Gasteiger partial charge in [-0.1, -0.05) is 29.8 Å². The van der Waals surface area contributed by atoms with Crippen molar-refractivity contribution in [3.05, 3.63) is 42.0 Å². The number of benzene rings is 1. The van der Waals surface area contributed by atoms with Gasteiger partial charge in [0.1, 0.15) is 0 Å². The molecule has 0 unspecified atom stereocenters. The van der Waals surface area contributed by atoms with Gasteiger partial charge in [0.05, 0.1) is 11.0 Å². The van der Waals surface area contributed by atoms with E-state index in [4.69, 9.17) is 5.11 Å². The summed E-state index contributed by atoms with van der Waals surface area (Å²) in [7, 11) is -3.63. The van der Waals surface area contributed by atoms with Crippen molar-refractivity contribution in [2.45, 2.75) is 56.1 Å². The summed E-state index contributed by atoms with van der Waals surface area (Å²) in [4.78, 5) is 10.7. The number of aliphatic carboxylic acids is 1. The molecule has 6 nitrogen and oxygen atoms in total. The van der Waals surface area contributed by atoms with Gasteiger partial charge in [-0.05, 0) is 44.7 Å². The average molecular weight is 367 g/mol. The summed E-state index contributed by atoms with van der Waals surface area (Å²) in [6, 6.07) is 6.32. The summed E-state index contributed by atoms with van der Waals surface area (Å²) in [5.41, 5.74) is 0.986. The van der Waals surface area contributed by atoms with E-state index in [0.717, 1.165) is 5.56 Å². The van der Waals surface area contributed by atoms with Gasteiger partial charge in [0, 0.05) is 18.4 Å². The highest BCUT2D eigenvalue weighted by molar-refractivity contribution is 7.89. The topological polar surface area (TPSA) is 104 Å². The van der Waals surface area contributed by atoms with Crippen molar-refractivity contribution in [1.82, 2.24) is 4.72 Å². The van der Waals surface area contributed by atoms with E-state index in [1.807, 2.05) is 13.0 Å². The number of carboxylic acid groups (broad SMARTS) is 1. The lowest BCUT2D eigenvalue weighted by Crippen LogP contribution is -2.39. The van der Waals surface area contributed by atoms with Crippen LogP contribution in [-0.4, -0.2) is 36.7 Å². The Hall–Kier alpha value is -1.70. The fourth-order valence-corrected chi connectivity index (χ4v) is 4.40. The van der Waals surface area contributed by atoms with E-state index in [-0.39, 0.29) is 23.3 Å². The second-order valence-corrected chi connectivity index (χ2v) is 8.20. The molecule has 0 amide bonds. The second-order valence-electron chi connectivity index (χ2n) is 6.49. The molecule has 25 heavy (non-hydrogen) atoms. The van der Waals surface area contributed by atoms with E-state index < -0.39 is 22.1 Å². The molecule has 1 aliphatic rings. The molecular weight excluding hydrogens is 342 g/mol. The molecule has 0 bridgehead atoms. The summed E-state index contributed by atoms with van der Waals surface area (Å²) in [5.74, 6) is -1.06. The van der Waals surface area contributed by atoms with Gasteiger partial charge in [0.2, 0.25) is 10.0 Å². The van der Waals surface area contributed by atoms with Crippen LogP contribution in [0.1, 0.15) is 37.7 Å². The van der Waals surface area contributed by atoms with E-state index in [1.165, 1.54) is 0 Å². The molecule has 1 aromatic carbocycles. The number of sulfonamides is 1. The predicted molar refractivity (Wildman–Crippen MR) is 94.6 cm³/mol. The van der Waals surface area contributed by atoms with E-state index >= 15 is 0 Å². The molecular formula is C18H25NO5S. The molecule has 0 heterocycles. The zero-order valence-electron chi connectivity index (χ0n) is 14.3. The minimum absolute atomic E-state index is 0.0627. The van der Waals surface area contributed by atoms with Gasteiger partial charge in [-0.15, -0.1) is 0 Å². The first kappa shape index (κ1) is 19.6. The van der Waals surface area contributed by atoms with Gasteiger partial charge in [-0.3, -0.25) is 4.79 Å². The third-order valence-electron chi connectivity index (χ3n) is 4.52. The van der Waals surface area contributed by atoms with Gasteiger partial charge in [-0.2, -0.15) is 0 Å². The molecule has 1 aliphatic carbocycles. The SMILES string of the molecule is Cc1ccc(S(=O)(=O)N[C@H]2CC[C@H](O)[C@@H]2C/C=C\CCC(=O)O)cc1. The Bertz CT molecular complexity index is 711. The largest absolute Gasteiger partial charge is 0.481 e. The van der Waals surface area contributed by atoms with Crippen LogP contribution in [0.3, 0.4) is 0 Å². The van der Waals surface area contributed by atoms with Gasteiger partial charge in [-0.25, -0.2) is 13.1 Å². The smallest absolute Gasteiger partial charge is 0.303 e. The normalized spacial score (nSPS) is 24.0. The summed E-state index contributed by atoms with van der Waals surface area (Å²) < 4.78 is 27.8. The highest BCUT2D eigenvalue weighted by atomic mass is 32.2. The van der Waals surface area contributed by atoms with Crippen LogP contribution in [0.2, 0.25) is 0 Å². The molecule has 1 aromatic rings. The van der Waals surface area contributed by atoms with E-state index in [9.17, 15) is 18.3 Å². The monoisotopic (exact) mass is 367 g/mol. The van der Waals surface area contributed by atoms with Crippen LogP contribution in [0.4, 0.5) is 0 Å². The average Bonchev–Trinajstić information content (AvgIpc) is 2.87. The number of hydrogen-bond donors (Lipinski definition) is 3. The molecule has 1 fully saturated rings. The van der Waals surface area contributed by atoms with E-state index in [0.29, 0.717) is 25.7 Å². The lowest BCUT2D eigenvalue weighted by Gasteiger charge is -2.22. The first-order valence-electron chi connectivity index (χ1n) is 8.43. The molecule has 1 saturated carbocycles. The number of aliphatic hydroxyl groups is 1. The highest BCUT2D eigenvalue weighted by Crippen LogP contribution is 2.30. The number of rotatable bonds is 8. The van der Waals surface area contributed by atoms with Crippen molar-refractivity contribution in [1.29, 1.82) is 0 Å². The number of allylic oxidation sites excluding steroid dienone is 2. The molecule has 0 aliphatic heterocycles. The standard InChI is InChI=1S/C18H25NO5S/c1-13-7-9-14(10-8-13)25(23,24)19-16-11-12-17(20)15(16)5-3-2-4-6-18(21)22/h2-3,7-10,15-17,19-20H,4-6,11-12H2,1H3,(H,21,22)/b3-2-/t15-,16+,17+/m1/s1. The molecule has 3 N–H and O–H groups in total. The number of aliphatic hydroxyl groups excluding tert-OH is 1. The zero-order valence-corrected chi connectivity index (χ0v) is 15.1. The highest BCUT2D eigenvalue weighted by Gasteiger charge is 2.36. The second kappa shape index (κ2) is 8.60. The summed E-state index contributed by atoms with van der Waals surface area (Å²) >= 11 is 0. The Balaban J connectivity index is 1.99. The molecule has 3 atom stereocenters. The van der Waals surface area contributed by atoms with Crippen LogP contribution in [0, 0.1) is 12.8 Å². The quantitative estimate of drug-likeness (QED) is 0.611. The fraction of sp³-hybridized carbons (Fsp3) is 0.500. The van der Waals surface area contributed by atoms with Crippen LogP contribution in [0.25, 0.3) is 0 Å². The first-order valence-corrected chi connectivity index (χ1v) is 9.92. The van der Waals surface area contributed by atoms with Crippen LogP contribution < -0.4 is 4.72 Å². The predicted octanol–water partition coefficient (Wildman–Crippen LogP) is 2.22. The third-order valence-corrected chi connectivity index (χ3v) is 6.03. The van der Waals surface area contributed by atoms with Crippen LogP contribution in [-0.2, 0) is 14.8 Å². The van der Waals surface area contributed by atoms with Crippen molar-refractivity contribution in [3.63, 3.8) is 0 Å². The molecule has 138 valence electrons. The Kier molecular flexibility index (Phi) is 6.75. The number of hydrogen-bond acceptors (Lipinski definition) is 4. The number of carboxylic acids is 1. The van der Waals surface area contributed by atoms with Gasteiger partial charge in [0.25, 0.3) is 0 Å². The molecule has 0 spiro atoms. The van der Waals surface area contributed by atoms with Crippen LogP contribution in [0.15, 0.2) is 41.3 Å². The van der Waals surface area contributed by atoms with Crippen molar-refractivity contribution in [3.8, 4) is 0 Å². The third kappa shape index (κ3) is 5.66. The van der Waals surface area contributed by atoms with Gasteiger partial charge in [0.15, 0.2) is 0 Å². The van der Waals surface area contributed by atoms with Crippen LogP contribution >= 0.6 is 0 Å². The summed E-state index contributed by atoms with van der Waals surface area (Å²) in [6.07, 6.45) is 5.18. The minimum Gasteiger partial charge on any atom is -0.481 e. The summed E-state index contributed by atoms with van der Waals surface area (Å²) in [6.45, 7) is 1.89. The maximum Gasteiger partial charge on any atom is 0.303 e. The van der Waals surface area contributed by atoms with Crippen molar-refractivity contribution < 1.29 is 23.4 Å². The fourth-order valence-electron chi connectivity index (χ4n) is 3.08. The van der Waals surface area contributed by atoms with Crippen molar-refractivity contribution in [2.75, 3.05) is 0 Å². The maximum absolute atomic E-state index is 12.5. The Morgan fingerprint density at radius 2 is 1.92 bits per heavy atom. The van der Waals surface area contributed by atoms with E-state index in [2.05, 4.69) is 4.72 Å². The lowest BCUT2D eigenvalue weighted by molar-refractivity contribution is -0.136. The van der Waals surface area contributed by atoms with Crippen molar-refractivity contribution >= 4 is 16.0 Å². The Morgan fingerprint density at radius 3 is 2.56 bits per heavy atom. The molecule has 0 radical (unpaired) electrons. The Labute approximate surface area is 148 Å². The van der Waals surface area contributed by atoms with E-state index in [1.54, 1.807) is 30.3 Å². The molecule has 0 saturated heterocycles. The number of nitrogens with one attached hydrogen (secondary N) is 1. The molecule has 2 rings (SSSR count). The first-order chi connectivity index (χ1) is 11.8. The van der Waals surface area contributed by atoms with Gasteiger partial charge >= 0.3 is 5.97 Å². The lowest BCUT2D eigenvalue weighted by atomic mass is 9.98.